The molecule has 0 atom stereocenters. The SMILES string of the molecule is CCCCN1C(=O)C(=Cc2ccc(OC)cc2)C(=O)N(Cc2ccco2)C1=O. The third kappa shape index (κ3) is 3.98. The van der Waals surface area contributed by atoms with Crippen LogP contribution in [0.5, 0.6) is 5.75 Å². The summed E-state index contributed by atoms with van der Waals surface area (Å²) in [5.74, 6) is -0.0668. The van der Waals surface area contributed by atoms with Crippen molar-refractivity contribution in [3.63, 3.8) is 0 Å². The molecule has 0 radical (unpaired) electrons. The minimum absolute atomic E-state index is 0.0273. The van der Waals surface area contributed by atoms with Crippen molar-refractivity contribution in [1.82, 2.24) is 9.80 Å². The Hall–Kier alpha value is -3.35. The van der Waals surface area contributed by atoms with Crippen LogP contribution in [0.25, 0.3) is 6.08 Å². The first-order valence-corrected chi connectivity index (χ1v) is 9.11. The first-order valence-electron chi connectivity index (χ1n) is 9.11. The predicted molar refractivity (Wildman–Crippen MR) is 102 cm³/mol. The van der Waals surface area contributed by atoms with E-state index < -0.39 is 17.8 Å². The zero-order valence-corrected chi connectivity index (χ0v) is 15.9. The number of ether oxygens (including phenoxy) is 1. The largest absolute Gasteiger partial charge is 0.497 e. The van der Waals surface area contributed by atoms with E-state index in [2.05, 4.69) is 0 Å². The van der Waals surface area contributed by atoms with Gasteiger partial charge in [0.05, 0.1) is 19.9 Å². The number of furan rings is 1. The molecule has 1 aromatic heterocycles. The van der Waals surface area contributed by atoms with Crippen molar-refractivity contribution < 1.29 is 23.5 Å². The quantitative estimate of drug-likeness (QED) is 0.541. The molecular weight excluding hydrogens is 360 g/mol. The molecule has 1 aliphatic rings. The Balaban J connectivity index is 1.95. The van der Waals surface area contributed by atoms with Crippen molar-refractivity contribution in [1.29, 1.82) is 0 Å². The number of rotatable bonds is 7. The van der Waals surface area contributed by atoms with Crippen molar-refractivity contribution in [2.75, 3.05) is 13.7 Å². The lowest BCUT2D eigenvalue weighted by atomic mass is 10.1. The topological polar surface area (TPSA) is 80.1 Å². The number of hydrogen-bond donors (Lipinski definition) is 0. The van der Waals surface area contributed by atoms with Crippen molar-refractivity contribution in [3.05, 3.63) is 59.6 Å². The fraction of sp³-hybridized carbons (Fsp3) is 0.286. The second-order valence-electron chi connectivity index (χ2n) is 6.39. The van der Waals surface area contributed by atoms with E-state index in [0.717, 1.165) is 16.2 Å². The highest BCUT2D eigenvalue weighted by Crippen LogP contribution is 2.23. The van der Waals surface area contributed by atoms with Gasteiger partial charge in [0.25, 0.3) is 11.8 Å². The third-order valence-electron chi connectivity index (χ3n) is 4.47. The van der Waals surface area contributed by atoms with Crippen LogP contribution < -0.4 is 4.74 Å². The van der Waals surface area contributed by atoms with Gasteiger partial charge in [0, 0.05) is 6.54 Å². The fourth-order valence-electron chi connectivity index (χ4n) is 2.90. The van der Waals surface area contributed by atoms with Gasteiger partial charge in [-0.1, -0.05) is 25.5 Å². The van der Waals surface area contributed by atoms with E-state index >= 15 is 0 Å². The van der Waals surface area contributed by atoms with Gasteiger partial charge < -0.3 is 9.15 Å². The third-order valence-corrected chi connectivity index (χ3v) is 4.47. The van der Waals surface area contributed by atoms with Gasteiger partial charge in [-0.05, 0) is 42.3 Å². The molecule has 1 aliphatic heterocycles. The number of benzene rings is 1. The van der Waals surface area contributed by atoms with E-state index in [0.29, 0.717) is 23.5 Å². The number of methoxy groups -OCH3 is 1. The van der Waals surface area contributed by atoms with Crippen LogP contribution >= 0.6 is 0 Å². The lowest BCUT2D eigenvalue weighted by Gasteiger charge is -2.33. The molecule has 3 rings (SSSR count). The summed E-state index contributed by atoms with van der Waals surface area (Å²) in [6.45, 7) is 2.20. The molecule has 0 spiro atoms. The van der Waals surface area contributed by atoms with Gasteiger partial charge in [-0.2, -0.15) is 0 Å². The summed E-state index contributed by atoms with van der Waals surface area (Å²) in [6, 6.07) is 9.72. The van der Waals surface area contributed by atoms with Crippen LogP contribution in [0.3, 0.4) is 0 Å². The first kappa shape index (κ1) is 19.4. The number of carbonyl (C=O) groups excluding carboxylic acids is 3. The molecular formula is C21H22N2O5. The van der Waals surface area contributed by atoms with Crippen LogP contribution in [0.1, 0.15) is 31.1 Å². The molecule has 7 nitrogen and oxygen atoms in total. The number of imide groups is 2. The van der Waals surface area contributed by atoms with E-state index in [9.17, 15) is 14.4 Å². The molecule has 2 aromatic rings. The van der Waals surface area contributed by atoms with Gasteiger partial charge in [0.15, 0.2) is 0 Å². The Morgan fingerprint density at radius 1 is 1.04 bits per heavy atom. The molecule has 1 saturated heterocycles. The maximum absolute atomic E-state index is 12.9. The van der Waals surface area contributed by atoms with Crippen LogP contribution in [0.2, 0.25) is 0 Å². The zero-order chi connectivity index (χ0) is 20.1. The Kier molecular flexibility index (Phi) is 5.93. The molecule has 0 N–H and O–H groups in total. The summed E-state index contributed by atoms with van der Waals surface area (Å²) < 4.78 is 10.4. The van der Waals surface area contributed by atoms with Crippen molar-refractivity contribution >= 4 is 23.9 Å². The summed E-state index contributed by atoms with van der Waals surface area (Å²) in [6.07, 6.45) is 4.46. The molecule has 4 amide bonds. The van der Waals surface area contributed by atoms with E-state index in [1.54, 1.807) is 43.5 Å². The van der Waals surface area contributed by atoms with Gasteiger partial charge in [-0.25, -0.2) is 4.79 Å². The Bertz CT molecular complexity index is 884. The van der Waals surface area contributed by atoms with E-state index in [1.807, 2.05) is 6.92 Å². The molecule has 1 fully saturated rings. The Morgan fingerprint density at radius 2 is 1.75 bits per heavy atom. The molecule has 7 heteroatoms. The molecule has 2 heterocycles. The highest BCUT2D eigenvalue weighted by Gasteiger charge is 2.41. The van der Waals surface area contributed by atoms with Crippen LogP contribution in [0, 0.1) is 0 Å². The minimum Gasteiger partial charge on any atom is -0.497 e. The normalized spacial score (nSPS) is 16.2. The lowest BCUT2D eigenvalue weighted by Crippen LogP contribution is -2.56. The standard InChI is InChI=1S/C21H22N2O5/c1-3-4-11-22-19(24)18(13-15-7-9-16(27-2)10-8-15)20(25)23(21(22)26)14-17-6-5-12-28-17/h5-10,12-13H,3-4,11,14H2,1-2H3. The Labute approximate surface area is 163 Å². The molecule has 0 bridgehead atoms. The zero-order valence-electron chi connectivity index (χ0n) is 15.9. The number of amides is 4. The lowest BCUT2D eigenvalue weighted by molar-refractivity contribution is -0.136. The monoisotopic (exact) mass is 382 g/mol. The number of hydrogen-bond acceptors (Lipinski definition) is 5. The second kappa shape index (κ2) is 8.56. The average molecular weight is 382 g/mol. The van der Waals surface area contributed by atoms with Gasteiger partial charge in [-0.15, -0.1) is 0 Å². The highest BCUT2D eigenvalue weighted by atomic mass is 16.5. The van der Waals surface area contributed by atoms with E-state index in [1.165, 1.54) is 12.3 Å². The van der Waals surface area contributed by atoms with Crippen LogP contribution in [0.15, 0.2) is 52.7 Å². The number of barbiturate groups is 1. The second-order valence-corrected chi connectivity index (χ2v) is 6.39. The number of urea groups is 1. The van der Waals surface area contributed by atoms with E-state index in [4.69, 9.17) is 9.15 Å². The average Bonchev–Trinajstić information content (AvgIpc) is 3.22. The predicted octanol–water partition coefficient (Wildman–Crippen LogP) is 3.46. The van der Waals surface area contributed by atoms with Gasteiger partial charge in [0.2, 0.25) is 0 Å². The summed E-state index contributed by atoms with van der Waals surface area (Å²) in [7, 11) is 1.56. The Morgan fingerprint density at radius 3 is 2.36 bits per heavy atom. The molecule has 0 saturated carbocycles. The fourth-order valence-corrected chi connectivity index (χ4v) is 2.90. The molecule has 0 unspecified atom stereocenters. The minimum atomic E-state index is -0.630. The molecule has 146 valence electrons. The summed E-state index contributed by atoms with van der Waals surface area (Å²) in [5, 5.41) is 0. The van der Waals surface area contributed by atoms with Crippen molar-refractivity contribution in [2.45, 2.75) is 26.3 Å². The highest BCUT2D eigenvalue weighted by molar-refractivity contribution is 6.30. The first-order chi connectivity index (χ1) is 13.5. The van der Waals surface area contributed by atoms with E-state index in [-0.39, 0.29) is 18.7 Å². The van der Waals surface area contributed by atoms with Crippen LogP contribution in [-0.2, 0) is 16.1 Å². The summed E-state index contributed by atoms with van der Waals surface area (Å²) in [4.78, 5) is 40.8. The smallest absolute Gasteiger partial charge is 0.334 e. The van der Waals surface area contributed by atoms with Crippen LogP contribution in [0.4, 0.5) is 4.79 Å². The maximum atomic E-state index is 12.9. The maximum Gasteiger partial charge on any atom is 0.334 e. The van der Waals surface area contributed by atoms with Crippen molar-refractivity contribution in [2.24, 2.45) is 0 Å². The van der Waals surface area contributed by atoms with Crippen LogP contribution in [-0.4, -0.2) is 41.3 Å². The summed E-state index contributed by atoms with van der Waals surface area (Å²) in [5.41, 5.74) is 0.618. The number of carbonyl (C=O) groups is 3. The number of nitrogens with zero attached hydrogens (tertiary/aromatic N) is 2. The van der Waals surface area contributed by atoms with Crippen molar-refractivity contribution in [3.8, 4) is 5.75 Å². The molecule has 1 aromatic carbocycles. The molecule has 0 aliphatic carbocycles. The summed E-state index contributed by atoms with van der Waals surface area (Å²) >= 11 is 0. The van der Waals surface area contributed by atoms with Gasteiger partial charge in [-0.3, -0.25) is 19.4 Å². The van der Waals surface area contributed by atoms with Gasteiger partial charge >= 0.3 is 6.03 Å². The molecule has 28 heavy (non-hydrogen) atoms. The van der Waals surface area contributed by atoms with Gasteiger partial charge in [0.1, 0.15) is 17.1 Å². The number of unbranched alkanes of at least 4 members (excludes halogenated alkanes) is 1.